The van der Waals surface area contributed by atoms with E-state index in [2.05, 4.69) is 31.2 Å². The van der Waals surface area contributed by atoms with Crippen LogP contribution in [-0.4, -0.2) is 14.4 Å². The summed E-state index contributed by atoms with van der Waals surface area (Å²) in [5, 5.41) is 12.0. The van der Waals surface area contributed by atoms with Crippen LogP contribution in [0.3, 0.4) is 0 Å². The predicted molar refractivity (Wildman–Crippen MR) is 79.1 cm³/mol. The number of anilines is 1. The van der Waals surface area contributed by atoms with Crippen molar-refractivity contribution in [3.8, 4) is 6.07 Å². The Hall–Kier alpha value is -2.46. The molecular weight excluding hydrogens is 337 g/mol. The zero-order chi connectivity index (χ0) is 14.8. The van der Waals surface area contributed by atoms with E-state index in [0.29, 0.717) is 16.8 Å². The van der Waals surface area contributed by atoms with E-state index in [-0.39, 0.29) is 5.56 Å². The minimum absolute atomic E-state index is 0.0186. The van der Waals surface area contributed by atoms with Gasteiger partial charge in [0, 0.05) is 11.9 Å². The van der Waals surface area contributed by atoms with Crippen molar-refractivity contribution < 1.29 is 4.39 Å². The maximum atomic E-state index is 13.3. The molecule has 0 amide bonds. The topological polar surface area (TPSA) is 66.0 Å². The van der Waals surface area contributed by atoms with Gasteiger partial charge in [-0.3, -0.25) is 4.40 Å². The number of imidazole rings is 1. The molecule has 1 aromatic carbocycles. The Morgan fingerprint density at radius 2 is 2.19 bits per heavy atom. The second kappa shape index (κ2) is 5.50. The van der Waals surface area contributed by atoms with Crippen LogP contribution < -0.4 is 5.32 Å². The first kappa shape index (κ1) is 13.5. The molecule has 0 aliphatic heterocycles. The van der Waals surface area contributed by atoms with Crippen LogP contribution in [0.25, 0.3) is 5.65 Å². The minimum atomic E-state index is -0.521. The summed E-state index contributed by atoms with van der Waals surface area (Å²) in [6, 6.07) is 6.17. The number of hydrogen-bond acceptors (Lipinski definition) is 4. The predicted octanol–water partition coefficient (Wildman–Crippen LogP) is 3.11. The highest BCUT2D eigenvalue weighted by molar-refractivity contribution is 9.10. The molecule has 0 bridgehead atoms. The van der Waals surface area contributed by atoms with Crippen LogP contribution in [0.5, 0.6) is 0 Å². The molecular formula is C14H9BrFN5. The normalized spacial score (nSPS) is 10.5. The molecule has 0 atom stereocenters. The van der Waals surface area contributed by atoms with E-state index in [1.54, 1.807) is 18.5 Å². The molecule has 0 fully saturated rings. The molecule has 0 radical (unpaired) electrons. The molecule has 1 N–H and O–H groups in total. The SMILES string of the molecule is N#Cc1cc(NCc2cnc3cnc(Br)cn23)ccc1F. The second-order valence-corrected chi connectivity index (χ2v) is 5.16. The molecule has 21 heavy (non-hydrogen) atoms. The van der Waals surface area contributed by atoms with E-state index in [1.807, 2.05) is 16.7 Å². The standard InChI is InChI=1S/C14H9BrFN5/c15-13-8-21-11(6-20-14(21)7-19-13)5-18-10-1-2-12(16)9(3-10)4-17/h1-3,6-8,18H,5H2. The van der Waals surface area contributed by atoms with E-state index in [9.17, 15) is 4.39 Å². The third-order valence-corrected chi connectivity index (χ3v) is 3.41. The molecule has 0 unspecified atom stereocenters. The van der Waals surface area contributed by atoms with Gasteiger partial charge in [0.1, 0.15) is 16.5 Å². The highest BCUT2D eigenvalue weighted by Crippen LogP contribution is 2.16. The lowest BCUT2D eigenvalue weighted by Gasteiger charge is -2.07. The number of nitriles is 1. The lowest BCUT2D eigenvalue weighted by atomic mass is 10.2. The monoisotopic (exact) mass is 345 g/mol. The summed E-state index contributed by atoms with van der Waals surface area (Å²) in [5.74, 6) is -0.521. The third-order valence-electron chi connectivity index (χ3n) is 3.00. The first-order valence-electron chi connectivity index (χ1n) is 6.08. The molecule has 7 heteroatoms. The molecule has 3 aromatic rings. The Labute approximate surface area is 128 Å². The summed E-state index contributed by atoms with van der Waals surface area (Å²) in [7, 11) is 0. The minimum Gasteiger partial charge on any atom is -0.379 e. The van der Waals surface area contributed by atoms with Gasteiger partial charge in [0.05, 0.1) is 30.2 Å². The molecule has 0 aliphatic rings. The molecule has 0 spiro atoms. The van der Waals surface area contributed by atoms with Gasteiger partial charge in [0.25, 0.3) is 0 Å². The summed E-state index contributed by atoms with van der Waals surface area (Å²) in [6.45, 7) is 0.494. The van der Waals surface area contributed by atoms with Crippen LogP contribution in [0.1, 0.15) is 11.3 Å². The molecule has 3 rings (SSSR count). The Bertz CT molecular complexity index is 852. The first-order chi connectivity index (χ1) is 10.2. The molecule has 0 saturated heterocycles. The van der Waals surface area contributed by atoms with Crippen LogP contribution in [0.15, 0.2) is 41.4 Å². The molecule has 0 saturated carbocycles. The Morgan fingerprint density at radius 3 is 3.00 bits per heavy atom. The average Bonchev–Trinajstić information content (AvgIpc) is 2.88. The van der Waals surface area contributed by atoms with E-state index < -0.39 is 5.82 Å². The van der Waals surface area contributed by atoms with Gasteiger partial charge < -0.3 is 5.32 Å². The zero-order valence-corrected chi connectivity index (χ0v) is 12.3. The Morgan fingerprint density at radius 1 is 1.33 bits per heavy atom. The molecule has 104 valence electrons. The van der Waals surface area contributed by atoms with Gasteiger partial charge >= 0.3 is 0 Å². The zero-order valence-electron chi connectivity index (χ0n) is 10.7. The van der Waals surface area contributed by atoms with Crippen molar-refractivity contribution >= 4 is 27.3 Å². The maximum Gasteiger partial charge on any atom is 0.155 e. The van der Waals surface area contributed by atoms with Crippen molar-refractivity contribution in [2.24, 2.45) is 0 Å². The van der Waals surface area contributed by atoms with Crippen molar-refractivity contribution in [3.05, 3.63) is 58.5 Å². The molecule has 0 aliphatic carbocycles. The highest BCUT2D eigenvalue weighted by atomic mass is 79.9. The van der Waals surface area contributed by atoms with Crippen molar-refractivity contribution in [1.29, 1.82) is 5.26 Å². The van der Waals surface area contributed by atoms with Crippen molar-refractivity contribution in [3.63, 3.8) is 0 Å². The highest BCUT2D eigenvalue weighted by Gasteiger charge is 2.06. The summed E-state index contributed by atoms with van der Waals surface area (Å²) in [4.78, 5) is 8.35. The fraction of sp³-hybridized carbons (Fsp3) is 0.0714. The fourth-order valence-electron chi connectivity index (χ4n) is 1.96. The average molecular weight is 346 g/mol. The van der Waals surface area contributed by atoms with Crippen molar-refractivity contribution in [2.45, 2.75) is 6.54 Å². The number of nitrogens with zero attached hydrogens (tertiary/aromatic N) is 4. The van der Waals surface area contributed by atoms with Crippen LogP contribution in [0.4, 0.5) is 10.1 Å². The molecule has 2 aromatic heterocycles. The number of nitrogens with one attached hydrogen (secondary N) is 1. The number of halogens is 2. The van der Waals surface area contributed by atoms with Crippen molar-refractivity contribution in [1.82, 2.24) is 14.4 Å². The van der Waals surface area contributed by atoms with Crippen LogP contribution in [0, 0.1) is 17.1 Å². The van der Waals surface area contributed by atoms with Crippen LogP contribution in [0.2, 0.25) is 0 Å². The van der Waals surface area contributed by atoms with Crippen LogP contribution >= 0.6 is 15.9 Å². The van der Waals surface area contributed by atoms with Gasteiger partial charge in [-0.25, -0.2) is 14.4 Å². The quantitative estimate of drug-likeness (QED) is 0.791. The fourth-order valence-corrected chi connectivity index (χ4v) is 2.27. The number of benzene rings is 1. The second-order valence-electron chi connectivity index (χ2n) is 4.35. The summed E-state index contributed by atoms with van der Waals surface area (Å²) < 4.78 is 15.9. The number of aromatic nitrogens is 3. The lowest BCUT2D eigenvalue weighted by molar-refractivity contribution is 0.624. The first-order valence-corrected chi connectivity index (χ1v) is 6.87. The van der Waals surface area contributed by atoms with Crippen LogP contribution in [-0.2, 0) is 6.54 Å². The van der Waals surface area contributed by atoms with Gasteiger partial charge in [-0.1, -0.05) is 0 Å². The summed E-state index contributed by atoms with van der Waals surface area (Å²) >= 11 is 3.32. The van der Waals surface area contributed by atoms with Crippen molar-refractivity contribution in [2.75, 3.05) is 5.32 Å². The van der Waals surface area contributed by atoms with Gasteiger partial charge in [-0.2, -0.15) is 5.26 Å². The number of rotatable bonds is 3. The smallest absolute Gasteiger partial charge is 0.155 e. The third kappa shape index (κ3) is 2.71. The molecule has 2 heterocycles. The summed E-state index contributed by atoms with van der Waals surface area (Å²) in [5.41, 5.74) is 2.36. The summed E-state index contributed by atoms with van der Waals surface area (Å²) in [6.07, 6.45) is 5.23. The van der Waals surface area contributed by atoms with Gasteiger partial charge in [-0.15, -0.1) is 0 Å². The van der Waals surface area contributed by atoms with E-state index in [1.165, 1.54) is 12.1 Å². The van der Waals surface area contributed by atoms with Gasteiger partial charge in [0.15, 0.2) is 5.65 Å². The van der Waals surface area contributed by atoms with E-state index in [4.69, 9.17) is 5.26 Å². The number of hydrogen-bond donors (Lipinski definition) is 1. The number of fused-ring (bicyclic) bond motifs is 1. The largest absolute Gasteiger partial charge is 0.379 e. The van der Waals surface area contributed by atoms with E-state index >= 15 is 0 Å². The Balaban J connectivity index is 1.84. The Kier molecular flexibility index (Phi) is 3.54. The maximum absolute atomic E-state index is 13.3. The van der Waals surface area contributed by atoms with Gasteiger partial charge in [0.2, 0.25) is 0 Å². The van der Waals surface area contributed by atoms with Gasteiger partial charge in [-0.05, 0) is 34.1 Å². The van der Waals surface area contributed by atoms with E-state index in [0.717, 1.165) is 11.3 Å². The molecule has 5 nitrogen and oxygen atoms in total. The lowest BCUT2D eigenvalue weighted by Crippen LogP contribution is -2.03.